The van der Waals surface area contributed by atoms with Gasteiger partial charge in [-0.1, -0.05) is 72.1 Å². The lowest BCUT2D eigenvalue weighted by molar-refractivity contribution is -0.391. The summed E-state index contributed by atoms with van der Waals surface area (Å²) in [6, 6.07) is 0. The van der Waals surface area contributed by atoms with Gasteiger partial charge >= 0.3 is 0 Å². The summed E-state index contributed by atoms with van der Waals surface area (Å²) in [4.78, 5) is 0. The van der Waals surface area contributed by atoms with Gasteiger partial charge in [0.05, 0.1) is 0 Å². The van der Waals surface area contributed by atoms with E-state index in [1.807, 2.05) is 6.92 Å². The van der Waals surface area contributed by atoms with Crippen molar-refractivity contribution in [1.29, 1.82) is 0 Å². The minimum absolute atomic E-state index is 0.0721. The topological polar surface area (TPSA) is 90.2 Å². The van der Waals surface area contributed by atoms with Crippen LogP contribution in [0.1, 0.15) is 97.8 Å². The van der Waals surface area contributed by atoms with Gasteiger partial charge in [0.15, 0.2) is 0 Å². The second-order valence-electron chi connectivity index (χ2n) is 6.92. The summed E-state index contributed by atoms with van der Waals surface area (Å²) in [6.07, 6.45) is 8.46. The van der Waals surface area contributed by atoms with E-state index in [9.17, 15) is 20.4 Å². The molecule has 0 aliphatic rings. The number of unbranched alkanes of at least 4 members (excludes halogenated alkanes) is 7. The molecule has 0 fully saturated rings. The van der Waals surface area contributed by atoms with Gasteiger partial charge in [-0.2, -0.15) is 0 Å². The number of hydrogen-bond acceptors (Lipinski definition) is 5. The second kappa shape index (κ2) is 13.1. The van der Waals surface area contributed by atoms with Gasteiger partial charge in [0.25, 0.3) is 0 Å². The molecule has 0 aromatic carbocycles. The highest BCUT2D eigenvalue weighted by atomic mass is 16.6. The molecule has 4 N–H and O–H groups in total. The molecule has 0 saturated heterocycles. The maximum absolute atomic E-state index is 10.4. The summed E-state index contributed by atoms with van der Waals surface area (Å²) < 4.78 is 5.67. The Morgan fingerprint density at radius 2 is 1.25 bits per heavy atom. The minimum atomic E-state index is -2.65. The van der Waals surface area contributed by atoms with Crippen molar-refractivity contribution in [2.45, 2.75) is 115 Å². The third kappa shape index (κ3) is 8.77. The lowest BCUT2D eigenvalue weighted by atomic mass is 9.91. The van der Waals surface area contributed by atoms with E-state index in [0.29, 0.717) is 19.4 Å². The molecule has 0 aliphatic carbocycles. The predicted octanol–water partition coefficient (Wildman–Crippen LogP) is 3.47. The summed E-state index contributed by atoms with van der Waals surface area (Å²) in [5.74, 6) is -5.21. The van der Waals surface area contributed by atoms with Crippen molar-refractivity contribution in [2.75, 3.05) is 6.61 Å². The highest BCUT2D eigenvalue weighted by Crippen LogP contribution is 2.31. The lowest BCUT2D eigenvalue weighted by Gasteiger charge is -2.40. The van der Waals surface area contributed by atoms with Crippen molar-refractivity contribution < 1.29 is 25.2 Å². The van der Waals surface area contributed by atoms with Crippen LogP contribution >= 0.6 is 0 Å². The number of ether oxygens (including phenoxy) is 1. The third-order valence-electron chi connectivity index (χ3n) is 4.55. The Kier molecular flexibility index (Phi) is 13.0. The van der Waals surface area contributed by atoms with Crippen LogP contribution in [0.2, 0.25) is 0 Å². The van der Waals surface area contributed by atoms with E-state index in [1.54, 1.807) is 0 Å². The number of aliphatic hydroxyl groups is 4. The molecule has 0 aromatic rings. The van der Waals surface area contributed by atoms with Crippen LogP contribution in [0.25, 0.3) is 0 Å². The molecule has 146 valence electrons. The van der Waals surface area contributed by atoms with Crippen LogP contribution < -0.4 is 0 Å². The van der Waals surface area contributed by atoms with E-state index in [-0.39, 0.29) is 6.42 Å². The van der Waals surface area contributed by atoms with Crippen LogP contribution in [-0.4, -0.2) is 44.7 Å². The molecule has 0 spiro atoms. The zero-order chi connectivity index (χ0) is 18.5. The van der Waals surface area contributed by atoms with Crippen LogP contribution in [0.4, 0.5) is 0 Å². The molecule has 0 aliphatic heterocycles. The zero-order valence-corrected chi connectivity index (χ0v) is 16.0. The minimum Gasteiger partial charge on any atom is -0.372 e. The van der Waals surface area contributed by atoms with Crippen molar-refractivity contribution in [2.24, 2.45) is 0 Å². The highest BCUT2D eigenvalue weighted by molar-refractivity contribution is 4.89. The van der Waals surface area contributed by atoms with Crippen LogP contribution in [-0.2, 0) is 4.74 Å². The van der Waals surface area contributed by atoms with Crippen LogP contribution in [0.15, 0.2) is 0 Å². The first-order valence-corrected chi connectivity index (χ1v) is 9.84. The fourth-order valence-corrected chi connectivity index (χ4v) is 2.80. The van der Waals surface area contributed by atoms with E-state index in [0.717, 1.165) is 57.8 Å². The maximum Gasteiger partial charge on any atom is 0.245 e. The first-order valence-electron chi connectivity index (χ1n) is 9.84. The lowest BCUT2D eigenvalue weighted by Crippen LogP contribution is -2.62. The van der Waals surface area contributed by atoms with Gasteiger partial charge in [0, 0.05) is 13.0 Å². The Labute approximate surface area is 148 Å². The molecule has 0 saturated carbocycles. The summed E-state index contributed by atoms with van der Waals surface area (Å²) in [7, 11) is 0. The van der Waals surface area contributed by atoms with Gasteiger partial charge in [-0.05, 0) is 19.3 Å². The maximum atomic E-state index is 10.4. The van der Waals surface area contributed by atoms with Crippen molar-refractivity contribution >= 4 is 0 Å². The summed E-state index contributed by atoms with van der Waals surface area (Å²) in [5.41, 5.74) is 0. The van der Waals surface area contributed by atoms with Crippen molar-refractivity contribution in [3.8, 4) is 0 Å². The van der Waals surface area contributed by atoms with Crippen molar-refractivity contribution in [3.05, 3.63) is 0 Å². The van der Waals surface area contributed by atoms with Crippen LogP contribution in [0, 0.1) is 0 Å². The quantitative estimate of drug-likeness (QED) is 0.253. The molecule has 1 unspecified atom stereocenters. The highest BCUT2D eigenvalue weighted by Gasteiger charge is 2.52. The fourth-order valence-electron chi connectivity index (χ4n) is 2.80. The van der Waals surface area contributed by atoms with Crippen molar-refractivity contribution in [3.63, 3.8) is 0 Å². The molecule has 0 rings (SSSR count). The van der Waals surface area contributed by atoms with Gasteiger partial charge in [0.2, 0.25) is 11.6 Å². The fraction of sp³-hybridized carbons (Fsp3) is 1.00. The first-order chi connectivity index (χ1) is 11.3. The van der Waals surface area contributed by atoms with Gasteiger partial charge in [-0.25, -0.2) is 0 Å². The number of rotatable bonds is 16. The van der Waals surface area contributed by atoms with Gasteiger partial charge < -0.3 is 25.2 Å². The van der Waals surface area contributed by atoms with Gasteiger partial charge in [-0.3, -0.25) is 0 Å². The molecule has 0 radical (unpaired) electrons. The van der Waals surface area contributed by atoms with Gasteiger partial charge in [-0.15, -0.1) is 0 Å². The van der Waals surface area contributed by atoms with E-state index < -0.39 is 17.7 Å². The van der Waals surface area contributed by atoms with E-state index >= 15 is 0 Å². The summed E-state index contributed by atoms with van der Waals surface area (Å²) in [5, 5.41) is 41.3. The molecule has 24 heavy (non-hydrogen) atoms. The molecule has 5 nitrogen and oxygen atoms in total. The molecular formula is C19H40O5. The molecule has 1 atom stereocenters. The zero-order valence-electron chi connectivity index (χ0n) is 16.0. The van der Waals surface area contributed by atoms with Crippen LogP contribution in [0.3, 0.4) is 0 Å². The molecule has 0 aromatic heterocycles. The first kappa shape index (κ1) is 23.8. The Morgan fingerprint density at radius 1 is 0.708 bits per heavy atom. The van der Waals surface area contributed by atoms with E-state index in [4.69, 9.17) is 4.74 Å². The van der Waals surface area contributed by atoms with E-state index in [2.05, 4.69) is 13.8 Å². The monoisotopic (exact) mass is 348 g/mol. The average molecular weight is 349 g/mol. The SMILES string of the molecule is CCCCCCOC(CCCCC)C(O)(O)C(O)(O)CCCCC. The predicted molar refractivity (Wildman–Crippen MR) is 96.5 cm³/mol. The smallest absolute Gasteiger partial charge is 0.245 e. The Balaban J connectivity index is 4.72. The molecule has 0 heterocycles. The molecule has 0 bridgehead atoms. The molecular weight excluding hydrogens is 308 g/mol. The van der Waals surface area contributed by atoms with Crippen LogP contribution in [0.5, 0.6) is 0 Å². The standard InChI is InChI=1S/C19H40O5/c1-4-7-10-13-16-24-17(14-11-8-5-2)19(22,23)18(20,21)15-12-9-6-3/h17,20-23H,4-16H2,1-3H3. The third-order valence-corrected chi connectivity index (χ3v) is 4.55. The normalized spacial score (nSPS) is 14.1. The summed E-state index contributed by atoms with van der Waals surface area (Å²) >= 11 is 0. The Morgan fingerprint density at radius 3 is 1.83 bits per heavy atom. The summed E-state index contributed by atoms with van der Waals surface area (Å²) in [6.45, 7) is 6.61. The molecule has 0 amide bonds. The average Bonchev–Trinajstić information content (AvgIpc) is 2.53. The largest absolute Gasteiger partial charge is 0.372 e. The van der Waals surface area contributed by atoms with Crippen molar-refractivity contribution in [1.82, 2.24) is 0 Å². The second-order valence-corrected chi connectivity index (χ2v) is 6.92. The Bertz CT molecular complexity index is 291. The molecule has 5 heteroatoms. The van der Waals surface area contributed by atoms with Gasteiger partial charge in [0.1, 0.15) is 6.10 Å². The van der Waals surface area contributed by atoms with E-state index in [1.165, 1.54) is 0 Å². The Hall–Kier alpha value is -0.200. The number of hydrogen-bond donors (Lipinski definition) is 4.